The molecule has 4 fully saturated rings. The van der Waals surface area contributed by atoms with Crippen LogP contribution in [0.1, 0.15) is 46.0 Å². The summed E-state index contributed by atoms with van der Waals surface area (Å²) in [5, 5.41) is 16.7. The highest BCUT2D eigenvalue weighted by Gasteiger charge is 2.62. The standard InChI is InChI=1S/C21H34N4O/c1-3-25(4-2)11-10-23-17-9-8-15-18-13(17)6-5-7-14(18)19-16(12-22)21(26)24-20(15)19/h13-20,23H,3-11H2,1-2H3,(H,24,26). The molecule has 4 aliphatic rings. The highest BCUT2D eigenvalue weighted by Crippen LogP contribution is 2.59. The van der Waals surface area contributed by atoms with Crippen LogP contribution in [-0.2, 0) is 4.79 Å². The molecule has 1 saturated heterocycles. The fourth-order valence-electron chi connectivity index (χ4n) is 7.03. The number of rotatable bonds is 6. The average molecular weight is 359 g/mol. The molecular formula is C21H34N4O. The van der Waals surface area contributed by atoms with E-state index < -0.39 is 5.92 Å². The van der Waals surface area contributed by atoms with Crippen molar-refractivity contribution in [3.63, 3.8) is 0 Å². The molecule has 0 aromatic carbocycles. The van der Waals surface area contributed by atoms with E-state index >= 15 is 0 Å². The van der Waals surface area contributed by atoms with E-state index in [0.717, 1.165) is 38.0 Å². The smallest absolute Gasteiger partial charge is 0.237 e. The quantitative estimate of drug-likeness (QED) is 0.762. The predicted octanol–water partition coefficient (Wildman–Crippen LogP) is 2.00. The van der Waals surface area contributed by atoms with Gasteiger partial charge in [-0.2, -0.15) is 5.26 Å². The maximum atomic E-state index is 12.2. The van der Waals surface area contributed by atoms with Gasteiger partial charge in [0.05, 0.1) is 6.07 Å². The molecular weight excluding hydrogens is 324 g/mol. The maximum Gasteiger partial charge on any atom is 0.237 e. The van der Waals surface area contributed by atoms with Gasteiger partial charge in [-0.05, 0) is 62.4 Å². The second-order valence-electron chi connectivity index (χ2n) is 8.88. The number of nitrogens with zero attached hydrogens (tertiary/aromatic N) is 2. The summed E-state index contributed by atoms with van der Waals surface area (Å²) in [7, 11) is 0. The molecule has 5 heteroatoms. The zero-order chi connectivity index (χ0) is 18.3. The van der Waals surface area contributed by atoms with Crippen LogP contribution in [0.5, 0.6) is 0 Å². The summed E-state index contributed by atoms with van der Waals surface area (Å²) in [6.07, 6.45) is 6.25. The van der Waals surface area contributed by atoms with Gasteiger partial charge in [0.1, 0.15) is 5.92 Å². The van der Waals surface area contributed by atoms with Gasteiger partial charge < -0.3 is 15.5 Å². The Balaban J connectivity index is 1.45. The molecule has 0 aromatic rings. The summed E-state index contributed by atoms with van der Waals surface area (Å²) in [5.41, 5.74) is 0. The van der Waals surface area contributed by atoms with E-state index in [1.54, 1.807) is 0 Å². The number of likely N-dealkylation sites (N-methyl/N-ethyl adjacent to an activating group) is 1. The molecule has 144 valence electrons. The van der Waals surface area contributed by atoms with Gasteiger partial charge >= 0.3 is 0 Å². The minimum Gasteiger partial charge on any atom is -0.352 e. The normalized spacial score (nSPS) is 43.7. The fourth-order valence-corrected chi connectivity index (χ4v) is 7.03. The molecule has 3 aliphatic carbocycles. The third kappa shape index (κ3) is 2.86. The van der Waals surface area contributed by atoms with E-state index in [0.29, 0.717) is 17.9 Å². The Kier molecular flexibility index (Phi) is 5.25. The summed E-state index contributed by atoms with van der Waals surface area (Å²) in [4.78, 5) is 14.7. The van der Waals surface area contributed by atoms with E-state index in [9.17, 15) is 10.1 Å². The molecule has 5 nitrogen and oxygen atoms in total. The predicted molar refractivity (Wildman–Crippen MR) is 101 cm³/mol. The Morgan fingerprint density at radius 3 is 2.62 bits per heavy atom. The van der Waals surface area contributed by atoms with Gasteiger partial charge in [-0.15, -0.1) is 0 Å². The molecule has 3 saturated carbocycles. The number of hydrogen-bond donors (Lipinski definition) is 2. The SMILES string of the molecule is CCN(CC)CCNC1CCC2C3NC(=O)C(C#N)C3C3CCCC1C23. The van der Waals surface area contributed by atoms with Crippen LogP contribution in [-0.4, -0.2) is 49.1 Å². The van der Waals surface area contributed by atoms with Crippen molar-refractivity contribution in [2.24, 2.45) is 35.5 Å². The Bertz CT molecular complexity index is 569. The first-order valence-corrected chi connectivity index (χ1v) is 10.8. The van der Waals surface area contributed by atoms with Gasteiger partial charge in [0.15, 0.2) is 0 Å². The lowest BCUT2D eigenvalue weighted by Gasteiger charge is -2.47. The first kappa shape index (κ1) is 18.3. The Labute approximate surface area is 157 Å². The Morgan fingerprint density at radius 1 is 1.12 bits per heavy atom. The molecule has 0 radical (unpaired) electrons. The van der Waals surface area contributed by atoms with Gasteiger partial charge in [-0.25, -0.2) is 0 Å². The van der Waals surface area contributed by atoms with Gasteiger partial charge in [-0.3, -0.25) is 4.79 Å². The van der Waals surface area contributed by atoms with Crippen molar-refractivity contribution in [2.75, 3.05) is 26.2 Å². The third-order valence-electron chi connectivity index (χ3n) is 8.10. The second kappa shape index (κ2) is 7.48. The van der Waals surface area contributed by atoms with Crippen molar-refractivity contribution in [3.8, 4) is 6.07 Å². The van der Waals surface area contributed by atoms with Crippen molar-refractivity contribution >= 4 is 5.91 Å². The van der Waals surface area contributed by atoms with Crippen LogP contribution in [0, 0.1) is 46.8 Å². The lowest BCUT2D eigenvalue weighted by Crippen LogP contribution is -2.51. The van der Waals surface area contributed by atoms with Crippen LogP contribution in [0.3, 0.4) is 0 Å². The minimum atomic E-state index is -0.400. The van der Waals surface area contributed by atoms with Crippen molar-refractivity contribution in [2.45, 2.75) is 58.0 Å². The number of nitriles is 1. The zero-order valence-corrected chi connectivity index (χ0v) is 16.3. The molecule has 4 rings (SSSR count). The molecule has 0 aromatic heterocycles. The topological polar surface area (TPSA) is 68.2 Å². The van der Waals surface area contributed by atoms with Gasteiger partial charge in [0.25, 0.3) is 0 Å². The largest absolute Gasteiger partial charge is 0.352 e. The van der Waals surface area contributed by atoms with Crippen LogP contribution in [0.15, 0.2) is 0 Å². The van der Waals surface area contributed by atoms with Gasteiger partial charge in [0, 0.05) is 31.1 Å². The summed E-state index contributed by atoms with van der Waals surface area (Å²) in [6, 6.07) is 3.24. The number of amides is 1. The molecule has 1 amide bonds. The molecule has 2 N–H and O–H groups in total. The lowest BCUT2D eigenvalue weighted by molar-refractivity contribution is -0.122. The van der Waals surface area contributed by atoms with Crippen LogP contribution in [0.4, 0.5) is 0 Å². The molecule has 8 atom stereocenters. The summed E-state index contributed by atoms with van der Waals surface area (Å²) >= 11 is 0. The first-order valence-electron chi connectivity index (χ1n) is 10.8. The minimum absolute atomic E-state index is 0.00236. The van der Waals surface area contributed by atoms with Crippen molar-refractivity contribution in [1.82, 2.24) is 15.5 Å². The monoisotopic (exact) mass is 358 g/mol. The molecule has 26 heavy (non-hydrogen) atoms. The number of nitrogens with one attached hydrogen (secondary N) is 2. The van der Waals surface area contributed by atoms with E-state index in [-0.39, 0.29) is 17.9 Å². The fraction of sp³-hybridized carbons (Fsp3) is 0.905. The van der Waals surface area contributed by atoms with Crippen LogP contribution < -0.4 is 10.6 Å². The van der Waals surface area contributed by atoms with E-state index in [2.05, 4.69) is 35.5 Å². The number of hydrogen-bond acceptors (Lipinski definition) is 4. The van der Waals surface area contributed by atoms with E-state index in [1.165, 1.54) is 32.1 Å². The molecule has 1 aliphatic heterocycles. The first-order chi connectivity index (χ1) is 12.7. The lowest BCUT2D eigenvalue weighted by atomic mass is 9.61. The Hall–Kier alpha value is -1.12. The number of fused-ring (bicyclic) bond motifs is 3. The average Bonchev–Trinajstić information content (AvgIpc) is 3.15. The van der Waals surface area contributed by atoms with Crippen molar-refractivity contribution in [3.05, 3.63) is 0 Å². The van der Waals surface area contributed by atoms with Crippen LogP contribution >= 0.6 is 0 Å². The zero-order valence-electron chi connectivity index (χ0n) is 16.3. The van der Waals surface area contributed by atoms with Crippen molar-refractivity contribution < 1.29 is 4.79 Å². The molecule has 8 unspecified atom stereocenters. The van der Waals surface area contributed by atoms with Gasteiger partial charge in [0.2, 0.25) is 5.91 Å². The molecule has 0 bridgehead atoms. The van der Waals surface area contributed by atoms with Gasteiger partial charge in [-0.1, -0.05) is 20.3 Å². The number of carbonyl (C=O) groups is 1. The second-order valence-corrected chi connectivity index (χ2v) is 8.88. The highest BCUT2D eigenvalue weighted by atomic mass is 16.2. The van der Waals surface area contributed by atoms with Crippen LogP contribution in [0.2, 0.25) is 0 Å². The van der Waals surface area contributed by atoms with Crippen molar-refractivity contribution in [1.29, 1.82) is 5.26 Å². The Morgan fingerprint density at radius 2 is 1.88 bits per heavy atom. The molecule has 0 spiro atoms. The number of carbonyl (C=O) groups excluding carboxylic acids is 1. The summed E-state index contributed by atoms with van der Waals surface area (Å²) in [5.74, 6) is 2.53. The highest BCUT2D eigenvalue weighted by molar-refractivity contribution is 5.84. The third-order valence-corrected chi connectivity index (χ3v) is 8.10. The molecule has 1 heterocycles. The van der Waals surface area contributed by atoms with Crippen LogP contribution in [0.25, 0.3) is 0 Å². The summed E-state index contributed by atoms with van der Waals surface area (Å²) in [6.45, 7) is 8.92. The van der Waals surface area contributed by atoms with E-state index in [1.807, 2.05) is 0 Å². The maximum absolute atomic E-state index is 12.2. The van der Waals surface area contributed by atoms with E-state index in [4.69, 9.17) is 0 Å². The summed E-state index contributed by atoms with van der Waals surface area (Å²) < 4.78 is 0.